The highest BCUT2D eigenvalue weighted by atomic mass is 16.5. The zero-order valence-electron chi connectivity index (χ0n) is 15.4. The van der Waals surface area contributed by atoms with Gasteiger partial charge in [-0.1, -0.05) is 18.2 Å². The maximum Gasteiger partial charge on any atom is 0.251 e. The number of methoxy groups -OCH3 is 1. The normalized spacial score (nSPS) is 10.8. The van der Waals surface area contributed by atoms with Gasteiger partial charge in [-0.3, -0.25) is 9.78 Å². The first-order chi connectivity index (χ1) is 13.7. The minimum atomic E-state index is -0.180. The summed E-state index contributed by atoms with van der Waals surface area (Å²) >= 11 is 0. The van der Waals surface area contributed by atoms with Crippen LogP contribution in [0.1, 0.15) is 27.5 Å². The SMILES string of the molecule is COc1ccc(Cc2nc3ccc(C(=O)NCc4ccccn4)cc3o2)cc1. The molecule has 4 rings (SSSR count). The van der Waals surface area contributed by atoms with Crippen LogP contribution >= 0.6 is 0 Å². The van der Waals surface area contributed by atoms with Crippen LogP contribution in [0.25, 0.3) is 11.1 Å². The number of aromatic nitrogens is 2. The first-order valence-electron chi connectivity index (χ1n) is 8.92. The van der Waals surface area contributed by atoms with Crippen LogP contribution < -0.4 is 10.1 Å². The number of nitrogens with zero attached hydrogens (tertiary/aromatic N) is 2. The van der Waals surface area contributed by atoms with E-state index >= 15 is 0 Å². The number of hydrogen-bond donors (Lipinski definition) is 1. The summed E-state index contributed by atoms with van der Waals surface area (Å²) in [4.78, 5) is 21.1. The number of hydrogen-bond acceptors (Lipinski definition) is 5. The lowest BCUT2D eigenvalue weighted by Gasteiger charge is -2.04. The molecule has 0 fully saturated rings. The molecule has 1 amide bonds. The number of ether oxygens (including phenoxy) is 1. The zero-order chi connectivity index (χ0) is 19.3. The number of pyridine rings is 1. The van der Waals surface area contributed by atoms with Gasteiger partial charge in [-0.25, -0.2) is 4.98 Å². The van der Waals surface area contributed by atoms with E-state index in [0.29, 0.717) is 30.0 Å². The molecule has 0 atom stereocenters. The summed E-state index contributed by atoms with van der Waals surface area (Å²) in [6.07, 6.45) is 2.27. The molecule has 6 heteroatoms. The van der Waals surface area contributed by atoms with Gasteiger partial charge in [-0.05, 0) is 48.0 Å². The number of amides is 1. The summed E-state index contributed by atoms with van der Waals surface area (Å²) in [5.41, 5.74) is 3.72. The molecule has 2 aromatic heterocycles. The van der Waals surface area contributed by atoms with Crippen LogP contribution in [0, 0.1) is 0 Å². The third-order valence-corrected chi connectivity index (χ3v) is 4.37. The fourth-order valence-electron chi connectivity index (χ4n) is 2.88. The average molecular weight is 373 g/mol. The Morgan fingerprint density at radius 3 is 2.71 bits per heavy atom. The van der Waals surface area contributed by atoms with Gasteiger partial charge in [-0.2, -0.15) is 0 Å². The van der Waals surface area contributed by atoms with Gasteiger partial charge in [0, 0.05) is 18.2 Å². The highest BCUT2D eigenvalue weighted by molar-refractivity contribution is 5.96. The van der Waals surface area contributed by atoms with E-state index in [1.54, 1.807) is 31.5 Å². The fraction of sp³-hybridized carbons (Fsp3) is 0.136. The molecule has 0 radical (unpaired) electrons. The maximum atomic E-state index is 12.4. The Morgan fingerprint density at radius 2 is 1.96 bits per heavy atom. The smallest absolute Gasteiger partial charge is 0.251 e. The first-order valence-corrected chi connectivity index (χ1v) is 8.92. The second kappa shape index (κ2) is 7.92. The van der Waals surface area contributed by atoms with Crippen LogP contribution in [0.3, 0.4) is 0 Å². The van der Waals surface area contributed by atoms with Crippen LogP contribution in [0.4, 0.5) is 0 Å². The molecule has 0 saturated heterocycles. The highest BCUT2D eigenvalue weighted by Crippen LogP contribution is 2.20. The van der Waals surface area contributed by atoms with Crippen LogP contribution in [-0.2, 0) is 13.0 Å². The molecule has 0 unspecified atom stereocenters. The van der Waals surface area contributed by atoms with E-state index in [0.717, 1.165) is 22.5 Å². The van der Waals surface area contributed by atoms with Crippen molar-refractivity contribution in [2.45, 2.75) is 13.0 Å². The minimum Gasteiger partial charge on any atom is -0.497 e. The second-order valence-electron chi connectivity index (χ2n) is 6.32. The van der Waals surface area contributed by atoms with Crippen LogP contribution in [0.15, 0.2) is 71.3 Å². The van der Waals surface area contributed by atoms with E-state index in [-0.39, 0.29) is 5.91 Å². The summed E-state index contributed by atoms with van der Waals surface area (Å²) in [7, 11) is 1.64. The summed E-state index contributed by atoms with van der Waals surface area (Å²) in [6, 6.07) is 18.6. The second-order valence-corrected chi connectivity index (χ2v) is 6.32. The molecule has 0 aliphatic carbocycles. The first kappa shape index (κ1) is 17.7. The molecule has 0 bridgehead atoms. The molecule has 6 nitrogen and oxygen atoms in total. The molecule has 140 valence electrons. The molecule has 0 saturated carbocycles. The number of rotatable bonds is 6. The van der Waals surface area contributed by atoms with E-state index in [1.807, 2.05) is 42.5 Å². The molecular weight excluding hydrogens is 354 g/mol. The van der Waals surface area contributed by atoms with Gasteiger partial charge >= 0.3 is 0 Å². The predicted molar refractivity (Wildman–Crippen MR) is 105 cm³/mol. The van der Waals surface area contributed by atoms with Crippen molar-refractivity contribution in [3.05, 3.63) is 89.6 Å². The van der Waals surface area contributed by atoms with Crippen molar-refractivity contribution in [1.29, 1.82) is 0 Å². The lowest BCUT2D eigenvalue weighted by atomic mass is 10.1. The molecular formula is C22H19N3O3. The van der Waals surface area contributed by atoms with Crippen molar-refractivity contribution in [3.8, 4) is 5.75 Å². The lowest BCUT2D eigenvalue weighted by molar-refractivity contribution is 0.0950. The molecule has 0 aliphatic rings. The van der Waals surface area contributed by atoms with Crippen molar-refractivity contribution in [2.24, 2.45) is 0 Å². The Bertz CT molecular complexity index is 1090. The Hall–Kier alpha value is -3.67. The summed E-state index contributed by atoms with van der Waals surface area (Å²) in [5, 5.41) is 2.86. The zero-order valence-corrected chi connectivity index (χ0v) is 15.4. The quantitative estimate of drug-likeness (QED) is 0.557. The van der Waals surface area contributed by atoms with E-state index in [9.17, 15) is 4.79 Å². The third-order valence-electron chi connectivity index (χ3n) is 4.37. The summed E-state index contributed by atoms with van der Waals surface area (Å²) in [5.74, 6) is 1.23. The van der Waals surface area contributed by atoms with Crippen molar-refractivity contribution >= 4 is 17.0 Å². The Morgan fingerprint density at radius 1 is 1.11 bits per heavy atom. The lowest BCUT2D eigenvalue weighted by Crippen LogP contribution is -2.23. The van der Waals surface area contributed by atoms with Crippen LogP contribution in [0.2, 0.25) is 0 Å². The van der Waals surface area contributed by atoms with E-state index < -0.39 is 0 Å². The maximum absolute atomic E-state index is 12.4. The molecule has 28 heavy (non-hydrogen) atoms. The molecule has 2 heterocycles. The third kappa shape index (κ3) is 4.01. The fourth-order valence-corrected chi connectivity index (χ4v) is 2.88. The monoisotopic (exact) mass is 373 g/mol. The van der Waals surface area contributed by atoms with Gasteiger partial charge in [0.05, 0.1) is 19.3 Å². The number of carbonyl (C=O) groups is 1. The van der Waals surface area contributed by atoms with Crippen molar-refractivity contribution in [3.63, 3.8) is 0 Å². The number of benzene rings is 2. The van der Waals surface area contributed by atoms with E-state index in [4.69, 9.17) is 9.15 Å². The van der Waals surface area contributed by atoms with Crippen molar-refractivity contribution in [1.82, 2.24) is 15.3 Å². The predicted octanol–water partition coefficient (Wildman–Crippen LogP) is 3.75. The summed E-state index contributed by atoms with van der Waals surface area (Å²) < 4.78 is 11.0. The van der Waals surface area contributed by atoms with Gasteiger partial charge in [0.15, 0.2) is 11.5 Å². The van der Waals surface area contributed by atoms with E-state index in [2.05, 4.69) is 15.3 Å². The molecule has 0 aliphatic heterocycles. The Kier molecular flexibility index (Phi) is 5.01. The molecule has 0 spiro atoms. The standard InChI is InChI=1S/C22H19N3O3/c1-27-18-8-5-15(6-9-18)12-21-25-19-10-7-16(13-20(19)28-21)22(26)24-14-17-4-2-3-11-23-17/h2-11,13H,12,14H2,1H3,(H,24,26). The minimum absolute atomic E-state index is 0.180. The van der Waals surface area contributed by atoms with Gasteiger partial charge in [0.2, 0.25) is 0 Å². The number of carbonyl (C=O) groups excluding carboxylic acids is 1. The van der Waals surface area contributed by atoms with Crippen LogP contribution in [0.5, 0.6) is 5.75 Å². The number of oxazole rings is 1. The topological polar surface area (TPSA) is 77.2 Å². The van der Waals surface area contributed by atoms with Crippen molar-refractivity contribution in [2.75, 3.05) is 7.11 Å². The molecule has 2 aromatic carbocycles. The van der Waals surface area contributed by atoms with Crippen LogP contribution in [-0.4, -0.2) is 23.0 Å². The largest absolute Gasteiger partial charge is 0.497 e. The Labute approximate surface area is 162 Å². The Balaban J connectivity index is 1.47. The van der Waals surface area contributed by atoms with Gasteiger partial charge in [0.25, 0.3) is 5.91 Å². The van der Waals surface area contributed by atoms with Gasteiger partial charge in [-0.15, -0.1) is 0 Å². The van der Waals surface area contributed by atoms with E-state index in [1.165, 1.54) is 0 Å². The number of nitrogens with one attached hydrogen (secondary N) is 1. The molecule has 1 N–H and O–H groups in total. The highest BCUT2D eigenvalue weighted by Gasteiger charge is 2.11. The number of fused-ring (bicyclic) bond motifs is 1. The average Bonchev–Trinajstić information content (AvgIpc) is 3.14. The van der Waals surface area contributed by atoms with Crippen molar-refractivity contribution < 1.29 is 13.9 Å². The van der Waals surface area contributed by atoms with Gasteiger partial charge < -0.3 is 14.5 Å². The summed E-state index contributed by atoms with van der Waals surface area (Å²) in [6.45, 7) is 0.372. The van der Waals surface area contributed by atoms with Gasteiger partial charge in [0.1, 0.15) is 11.3 Å². The molecule has 4 aromatic rings.